The Balaban J connectivity index is 2.38. The summed E-state index contributed by atoms with van der Waals surface area (Å²) in [7, 11) is 0. The van der Waals surface area contributed by atoms with E-state index >= 15 is 0 Å². The van der Waals surface area contributed by atoms with Gasteiger partial charge in [-0.05, 0) is 17.2 Å². The average Bonchev–Trinajstić information content (AvgIpc) is 2.16. The summed E-state index contributed by atoms with van der Waals surface area (Å²) in [6.45, 7) is 1.09. The van der Waals surface area contributed by atoms with Gasteiger partial charge in [0.25, 0.3) is 0 Å². The topological polar surface area (TPSA) is 67.1 Å². The van der Waals surface area contributed by atoms with Gasteiger partial charge in [0.15, 0.2) is 0 Å². The molecule has 1 aromatic rings. The van der Waals surface area contributed by atoms with Crippen LogP contribution in [0.3, 0.4) is 0 Å². The number of hydrogen-bond donors (Lipinski definition) is 3. The molecule has 1 aromatic carbocycles. The van der Waals surface area contributed by atoms with Gasteiger partial charge in [-0.2, -0.15) is 0 Å². The number of anilines is 1. The highest BCUT2D eigenvalue weighted by Crippen LogP contribution is 2.20. The minimum absolute atomic E-state index is 0.151. The molecule has 1 heterocycles. The van der Waals surface area contributed by atoms with Gasteiger partial charge in [0, 0.05) is 18.8 Å². The summed E-state index contributed by atoms with van der Waals surface area (Å²) >= 11 is 0. The van der Waals surface area contributed by atoms with Crippen LogP contribution in [-0.4, -0.2) is 6.03 Å². The largest absolute Gasteiger partial charge is 0.334 e. The van der Waals surface area contributed by atoms with Crippen molar-refractivity contribution >= 4 is 11.7 Å². The van der Waals surface area contributed by atoms with Gasteiger partial charge in [-0.3, -0.25) is 0 Å². The Bertz CT molecular complexity index is 349. The van der Waals surface area contributed by atoms with Crippen LogP contribution in [0, 0.1) is 0 Å². The molecule has 0 atom stereocenters. The van der Waals surface area contributed by atoms with Crippen molar-refractivity contribution in [3.05, 3.63) is 29.3 Å². The number of hydrogen-bond acceptors (Lipinski definition) is 2. The van der Waals surface area contributed by atoms with E-state index in [0.29, 0.717) is 13.1 Å². The summed E-state index contributed by atoms with van der Waals surface area (Å²) < 4.78 is 0. The van der Waals surface area contributed by atoms with Crippen molar-refractivity contribution in [2.45, 2.75) is 13.1 Å². The highest BCUT2D eigenvalue weighted by Gasteiger charge is 2.12. The van der Waals surface area contributed by atoms with E-state index in [4.69, 9.17) is 5.73 Å². The summed E-state index contributed by atoms with van der Waals surface area (Å²) in [6, 6.07) is 5.71. The third-order valence-corrected chi connectivity index (χ3v) is 2.10. The number of nitrogens with one attached hydrogen (secondary N) is 2. The molecule has 4 nitrogen and oxygen atoms in total. The van der Waals surface area contributed by atoms with Crippen molar-refractivity contribution in [1.82, 2.24) is 5.32 Å². The minimum atomic E-state index is -0.151. The number of rotatable bonds is 1. The average molecular weight is 177 g/mol. The Morgan fingerprint density at radius 2 is 2.31 bits per heavy atom. The van der Waals surface area contributed by atoms with E-state index in [1.54, 1.807) is 0 Å². The van der Waals surface area contributed by atoms with E-state index < -0.39 is 0 Å². The molecular weight excluding hydrogens is 166 g/mol. The zero-order chi connectivity index (χ0) is 9.26. The van der Waals surface area contributed by atoms with E-state index in [2.05, 4.69) is 10.6 Å². The fraction of sp³-hybridized carbons (Fsp3) is 0.222. The molecule has 0 fully saturated rings. The number of carbonyl (C=O) groups excluding carboxylic acids is 1. The highest BCUT2D eigenvalue weighted by atomic mass is 16.2. The smallest absolute Gasteiger partial charge is 0.319 e. The Kier molecular flexibility index (Phi) is 1.90. The second-order valence-electron chi connectivity index (χ2n) is 3.00. The van der Waals surface area contributed by atoms with Gasteiger partial charge < -0.3 is 16.4 Å². The Labute approximate surface area is 76.1 Å². The molecule has 4 heteroatoms. The van der Waals surface area contributed by atoms with Gasteiger partial charge in [0.1, 0.15) is 0 Å². The molecule has 1 aliphatic rings. The number of nitrogens with two attached hydrogens (primary N) is 1. The molecule has 4 N–H and O–H groups in total. The number of benzene rings is 1. The second kappa shape index (κ2) is 3.06. The zero-order valence-corrected chi connectivity index (χ0v) is 7.13. The lowest BCUT2D eigenvalue weighted by molar-refractivity contribution is 0.251. The quantitative estimate of drug-likeness (QED) is 0.593. The molecule has 0 bridgehead atoms. The van der Waals surface area contributed by atoms with E-state index in [-0.39, 0.29) is 6.03 Å². The van der Waals surface area contributed by atoms with Crippen molar-refractivity contribution in [3.8, 4) is 0 Å². The van der Waals surface area contributed by atoms with Gasteiger partial charge >= 0.3 is 6.03 Å². The Hall–Kier alpha value is -1.55. The van der Waals surface area contributed by atoms with Crippen LogP contribution in [0.1, 0.15) is 11.1 Å². The molecule has 2 rings (SSSR count). The third-order valence-electron chi connectivity index (χ3n) is 2.10. The summed E-state index contributed by atoms with van der Waals surface area (Å²) in [5, 5.41) is 5.42. The van der Waals surface area contributed by atoms with E-state index in [9.17, 15) is 4.79 Å². The highest BCUT2D eigenvalue weighted by molar-refractivity contribution is 5.92. The van der Waals surface area contributed by atoms with Crippen LogP contribution in [0.2, 0.25) is 0 Å². The maximum Gasteiger partial charge on any atom is 0.319 e. The van der Waals surface area contributed by atoms with E-state index in [0.717, 1.165) is 16.8 Å². The Morgan fingerprint density at radius 3 is 3.08 bits per heavy atom. The summed E-state index contributed by atoms with van der Waals surface area (Å²) in [5.74, 6) is 0. The first-order chi connectivity index (χ1) is 6.29. The first-order valence-electron chi connectivity index (χ1n) is 4.16. The number of carbonyl (C=O) groups is 1. The van der Waals surface area contributed by atoms with Crippen molar-refractivity contribution in [3.63, 3.8) is 0 Å². The van der Waals surface area contributed by atoms with Gasteiger partial charge in [-0.1, -0.05) is 12.1 Å². The van der Waals surface area contributed by atoms with Gasteiger partial charge in [-0.15, -0.1) is 0 Å². The molecule has 0 spiro atoms. The standard InChI is InChI=1S/C9H11N3O/c10-4-6-1-2-7-5-11-9(13)12-8(7)3-6/h1-3H,4-5,10H2,(H2,11,12,13). The predicted octanol–water partition coefficient (Wildman–Crippen LogP) is 0.780. The summed E-state index contributed by atoms with van der Waals surface area (Å²) in [5.41, 5.74) is 8.48. The Morgan fingerprint density at radius 1 is 1.46 bits per heavy atom. The zero-order valence-electron chi connectivity index (χ0n) is 7.13. The van der Waals surface area contributed by atoms with Crippen molar-refractivity contribution < 1.29 is 4.79 Å². The molecule has 0 radical (unpaired) electrons. The van der Waals surface area contributed by atoms with Crippen molar-refractivity contribution in [2.24, 2.45) is 5.73 Å². The van der Waals surface area contributed by atoms with Gasteiger partial charge in [0.2, 0.25) is 0 Å². The number of urea groups is 1. The first kappa shape index (κ1) is 8.07. The SMILES string of the molecule is NCc1ccc2c(c1)NC(=O)NC2. The van der Waals surface area contributed by atoms with Crippen LogP contribution in [-0.2, 0) is 13.1 Å². The maximum absolute atomic E-state index is 11.0. The van der Waals surface area contributed by atoms with Gasteiger partial charge in [-0.25, -0.2) is 4.79 Å². The molecule has 0 saturated carbocycles. The fourth-order valence-corrected chi connectivity index (χ4v) is 1.36. The lowest BCUT2D eigenvalue weighted by atomic mass is 10.1. The minimum Gasteiger partial charge on any atom is -0.334 e. The van der Waals surface area contributed by atoms with E-state index in [1.165, 1.54) is 0 Å². The predicted molar refractivity (Wildman–Crippen MR) is 50.2 cm³/mol. The monoisotopic (exact) mass is 177 g/mol. The van der Waals surface area contributed by atoms with Crippen LogP contribution >= 0.6 is 0 Å². The molecule has 1 aliphatic heterocycles. The van der Waals surface area contributed by atoms with Crippen LogP contribution in [0.4, 0.5) is 10.5 Å². The lowest BCUT2D eigenvalue weighted by Crippen LogP contribution is -2.33. The van der Waals surface area contributed by atoms with Gasteiger partial charge in [0.05, 0.1) is 0 Å². The van der Waals surface area contributed by atoms with Crippen molar-refractivity contribution in [2.75, 3.05) is 5.32 Å². The second-order valence-corrected chi connectivity index (χ2v) is 3.00. The summed E-state index contributed by atoms with van der Waals surface area (Å²) in [4.78, 5) is 11.0. The van der Waals surface area contributed by atoms with Crippen LogP contribution in [0.5, 0.6) is 0 Å². The number of fused-ring (bicyclic) bond motifs is 1. The molecule has 68 valence electrons. The van der Waals surface area contributed by atoms with Crippen LogP contribution in [0.25, 0.3) is 0 Å². The van der Waals surface area contributed by atoms with Crippen LogP contribution in [0.15, 0.2) is 18.2 Å². The lowest BCUT2D eigenvalue weighted by Gasteiger charge is -2.18. The molecule has 13 heavy (non-hydrogen) atoms. The molecule has 2 amide bonds. The third kappa shape index (κ3) is 1.48. The molecule has 0 aromatic heterocycles. The molecule has 0 unspecified atom stereocenters. The number of amides is 2. The van der Waals surface area contributed by atoms with E-state index in [1.807, 2.05) is 18.2 Å². The summed E-state index contributed by atoms with van der Waals surface area (Å²) in [6.07, 6.45) is 0. The van der Waals surface area contributed by atoms with Crippen molar-refractivity contribution in [1.29, 1.82) is 0 Å². The maximum atomic E-state index is 11.0. The fourth-order valence-electron chi connectivity index (χ4n) is 1.36. The normalized spacial score (nSPS) is 14.4. The molecule has 0 saturated heterocycles. The molecular formula is C9H11N3O. The first-order valence-corrected chi connectivity index (χ1v) is 4.16. The molecule has 0 aliphatic carbocycles. The van der Waals surface area contributed by atoms with Crippen LogP contribution < -0.4 is 16.4 Å².